The third kappa shape index (κ3) is 4.70. The summed E-state index contributed by atoms with van der Waals surface area (Å²) >= 11 is 1.88. The van der Waals surface area contributed by atoms with Crippen molar-refractivity contribution in [3.63, 3.8) is 0 Å². The Kier molecular flexibility index (Phi) is 6.46. The first kappa shape index (κ1) is 20.9. The van der Waals surface area contributed by atoms with Crippen LogP contribution < -0.4 is 11.1 Å². The summed E-state index contributed by atoms with van der Waals surface area (Å²) in [6, 6.07) is -1.05. The highest BCUT2D eigenvalue weighted by molar-refractivity contribution is 8.03. The average Bonchev–Trinajstić information content (AvgIpc) is 2.43. The van der Waals surface area contributed by atoms with Crippen LogP contribution in [-0.4, -0.2) is 51.6 Å². The van der Waals surface area contributed by atoms with Crippen LogP contribution in [0, 0.1) is 5.92 Å². The lowest BCUT2D eigenvalue weighted by Crippen LogP contribution is -2.64. The molecule has 1 aliphatic rings. The number of hydrogen-bond acceptors (Lipinski definition) is 7. The normalized spacial score (nSPS) is 22.8. The van der Waals surface area contributed by atoms with Crippen LogP contribution in [0.25, 0.3) is 0 Å². The van der Waals surface area contributed by atoms with Crippen molar-refractivity contribution in [3.8, 4) is 0 Å². The molecule has 4 N–H and O–H groups in total. The lowest BCUT2D eigenvalue weighted by molar-refractivity contribution is -0.150. The van der Waals surface area contributed by atoms with Crippen molar-refractivity contribution in [3.05, 3.63) is 0 Å². The highest BCUT2D eigenvalue weighted by Crippen LogP contribution is 2.60. The van der Waals surface area contributed by atoms with E-state index in [1.165, 1.54) is 7.11 Å². The number of rotatable bonds is 9. The van der Waals surface area contributed by atoms with E-state index in [1.807, 2.05) is 11.8 Å². The number of hydrogen-bond donors (Lipinski definition) is 3. The zero-order chi connectivity index (χ0) is 18.8. The standard InChI is InChI=1S/C16H28N2O5S/c1-14(2)11(15(3,4)24-14)6-7-16(17,13(22)23-5)18-10(9-19)8-12(20)21/h9-11,18H,6-8,17H2,1-5H3,(H,20,21)/t10-,16?/m0/s1. The van der Waals surface area contributed by atoms with Crippen LogP contribution in [-0.2, 0) is 19.1 Å². The molecule has 7 nitrogen and oxygen atoms in total. The highest BCUT2D eigenvalue weighted by atomic mass is 32.2. The molecule has 24 heavy (non-hydrogen) atoms. The molecule has 0 aliphatic carbocycles. The summed E-state index contributed by atoms with van der Waals surface area (Å²) in [6.45, 7) is 8.60. The minimum atomic E-state index is -1.60. The second-order valence-electron chi connectivity index (χ2n) is 7.35. The molecule has 0 saturated carbocycles. The predicted molar refractivity (Wildman–Crippen MR) is 92.6 cm³/mol. The number of aliphatic carboxylic acids is 1. The van der Waals surface area contributed by atoms with Crippen LogP contribution in [0.4, 0.5) is 0 Å². The maximum atomic E-state index is 12.1. The van der Waals surface area contributed by atoms with E-state index in [-0.39, 0.29) is 15.9 Å². The number of esters is 1. The van der Waals surface area contributed by atoms with Crippen molar-refractivity contribution in [1.29, 1.82) is 0 Å². The van der Waals surface area contributed by atoms with Crippen molar-refractivity contribution >= 4 is 30.0 Å². The molecule has 0 radical (unpaired) electrons. The molecule has 138 valence electrons. The van der Waals surface area contributed by atoms with Crippen LogP contribution in [0.1, 0.15) is 47.0 Å². The summed E-state index contributed by atoms with van der Waals surface area (Å²) in [5.41, 5.74) is 4.57. The van der Waals surface area contributed by atoms with Gasteiger partial charge in [0.25, 0.3) is 0 Å². The van der Waals surface area contributed by atoms with Gasteiger partial charge in [-0.05, 0) is 18.8 Å². The topological polar surface area (TPSA) is 119 Å². The fourth-order valence-corrected chi connectivity index (χ4v) is 6.01. The van der Waals surface area contributed by atoms with E-state index in [9.17, 15) is 14.4 Å². The van der Waals surface area contributed by atoms with Crippen molar-refractivity contribution in [2.75, 3.05) is 7.11 Å². The molecule has 1 saturated heterocycles. The minimum absolute atomic E-state index is 0.0751. The zero-order valence-corrected chi connectivity index (χ0v) is 15.7. The number of aldehydes is 1. The highest BCUT2D eigenvalue weighted by Gasteiger charge is 2.54. The quantitative estimate of drug-likeness (QED) is 0.318. The Morgan fingerprint density at radius 1 is 1.38 bits per heavy atom. The van der Waals surface area contributed by atoms with Crippen LogP contribution in [0.5, 0.6) is 0 Å². The molecule has 0 aromatic heterocycles. The van der Waals surface area contributed by atoms with Crippen molar-refractivity contribution < 1.29 is 24.2 Å². The first-order valence-electron chi connectivity index (χ1n) is 7.90. The summed E-state index contributed by atoms with van der Waals surface area (Å²) in [5, 5.41) is 11.5. The third-order valence-corrected chi connectivity index (χ3v) is 6.20. The van der Waals surface area contributed by atoms with Gasteiger partial charge in [-0.2, -0.15) is 0 Å². The molecule has 1 rings (SSSR count). The second-order valence-corrected chi connectivity index (χ2v) is 9.66. The number of methoxy groups -OCH3 is 1. The van der Waals surface area contributed by atoms with Gasteiger partial charge in [0.2, 0.25) is 0 Å². The fourth-order valence-electron chi connectivity index (χ4n) is 3.73. The number of thioether (sulfide) groups is 1. The molecule has 0 spiro atoms. The molecule has 1 unspecified atom stereocenters. The molecule has 1 heterocycles. The molecular formula is C16H28N2O5S. The molecular weight excluding hydrogens is 332 g/mol. The lowest BCUT2D eigenvalue weighted by Gasteiger charge is -2.57. The first-order valence-corrected chi connectivity index (χ1v) is 8.72. The maximum absolute atomic E-state index is 12.1. The Bertz CT molecular complexity index is 495. The van der Waals surface area contributed by atoms with Crippen LogP contribution >= 0.6 is 11.8 Å². The molecule has 2 atom stereocenters. The maximum Gasteiger partial charge on any atom is 0.340 e. The SMILES string of the molecule is COC(=O)C(N)(CCC1C(C)(C)SC1(C)C)N[C@H](C=O)CC(=O)O. The van der Waals surface area contributed by atoms with E-state index in [4.69, 9.17) is 15.6 Å². The Morgan fingerprint density at radius 3 is 2.29 bits per heavy atom. The van der Waals surface area contributed by atoms with Crippen molar-refractivity contribution in [1.82, 2.24) is 5.32 Å². The summed E-state index contributed by atoms with van der Waals surface area (Å²) in [6.07, 6.45) is 0.910. The number of nitrogens with two attached hydrogens (primary N) is 1. The van der Waals surface area contributed by atoms with E-state index < -0.39 is 30.1 Å². The summed E-state index contributed by atoms with van der Waals surface area (Å²) in [4.78, 5) is 34.1. The molecule has 1 fully saturated rings. The monoisotopic (exact) mass is 360 g/mol. The molecule has 0 bridgehead atoms. The summed E-state index contributed by atoms with van der Waals surface area (Å²) < 4.78 is 4.91. The van der Waals surface area contributed by atoms with E-state index >= 15 is 0 Å². The number of carboxylic acid groups (broad SMARTS) is 1. The Morgan fingerprint density at radius 2 is 1.92 bits per heavy atom. The Balaban J connectivity index is 2.86. The van der Waals surface area contributed by atoms with Crippen LogP contribution in [0.15, 0.2) is 0 Å². The van der Waals surface area contributed by atoms with Gasteiger partial charge in [-0.15, -0.1) is 11.8 Å². The van der Waals surface area contributed by atoms with E-state index in [2.05, 4.69) is 33.0 Å². The van der Waals surface area contributed by atoms with Crippen molar-refractivity contribution in [2.45, 2.75) is 68.2 Å². The number of ether oxygens (including phenoxy) is 1. The molecule has 0 aromatic rings. The zero-order valence-electron chi connectivity index (χ0n) is 14.9. The van der Waals surface area contributed by atoms with E-state index in [1.54, 1.807) is 0 Å². The molecule has 1 aliphatic heterocycles. The number of carbonyl (C=O) groups excluding carboxylic acids is 2. The van der Waals surface area contributed by atoms with Gasteiger partial charge in [0.1, 0.15) is 6.29 Å². The summed E-state index contributed by atoms with van der Waals surface area (Å²) in [5.74, 6) is -1.52. The predicted octanol–water partition coefficient (Wildman–Crippen LogP) is 1.15. The molecule has 0 amide bonds. The van der Waals surface area contributed by atoms with Gasteiger partial charge in [0, 0.05) is 9.49 Å². The van der Waals surface area contributed by atoms with Gasteiger partial charge in [-0.3, -0.25) is 10.1 Å². The largest absolute Gasteiger partial charge is 0.481 e. The van der Waals surface area contributed by atoms with Gasteiger partial charge in [0.05, 0.1) is 19.6 Å². The number of carbonyl (C=O) groups is 3. The van der Waals surface area contributed by atoms with E-state index in [0.717, 1.165) is 0 Å². The Hall–Kier alpha value is -1.12. The number of carboxylic acids is 1. The van der Waals surface area contributed by atoms with Gasteiger partial charge in [-0.25, -0.2) is 4.79 Å². The molecule has 0 aromatic carbocycles. The van der Waals surface area contributed by atoms with Crippen LogP contribution in [0.2, 0.25) is 0 Å². The second kappa shape index (κ2) is 7.41. The van der Waals surface area contributed by atoms with Crippen molar-refractivity contribution in [2.24, 2.45) is 11.7 Å². The van der Waals surface area contributed by atoms with Gasteiger partial charge < -0.3 is 20.4 Å². The Labute approximate surface area is 147 Å². The minimum Gasteiger partial charge on any atom is -0.481 e. The smallest absolute Gasteiger partial charge is 0.340 e. The van der Waals surface area contributed by atoms with Gasteiger partial charge in [0.15, 0.2) is 5.66 Å². The van der Waals surface area contributed by atoms with E-state index in [0.29, 0.717) is 18.6 Å². The van der Waals surface area contributed by atoms with Gasteiger partial charge in [-0.1, -0.05) is 27.7 Å². The average molecular weight is 360 g/mol. The lowest BCUT2D eigenvalue weighted by atomic mass is 9.77. The fraction of sp³-hybridized carbons (Fsp3) is 0.812. The van der Waals surface area contributed by atoms with Gasteiger partial charge >= 0.3 is 11.9 Å². The molecule has 8 heteroatoms. The third-order valence-electron chi connectivity index (χ3n) is 4.58. The summed E-state index contributed by atoms with van der Waals surface area (Å²) in [7, 11) is 1.21. The number of nitrogens with one attached hydrogen (secondary N) is 1. The first-order chi connectivity index (χ1) is 10.9. The van der Waals surface area contributed by atoms with Crippen LogP contribution in [0.3, 0.4) is 0 Å².